The van der Waals surface area contributed by atoms with Gasteiger partial charge in [0.25, 0.3) is 0 Å². The van der Waals surface area contributed by atoms with Gasteiger partial charge in [-0.15, -0.1) is 0 Å². The predicted molar refractivity (Wildman–Crippen MR) is 89.2 cm³/mol. The molecule has 1 aromatic rings. The Hall–Kier alpha value is -1.90. The number of carbonyl (C=O) groups is 1. The van der Waals surface area contributed by atoms with Gasteiger partial charge in [-0.05, 0) is 49.3 Å². The minimum Gasteiger partial charge on any atom is -0.468 e. The van der Waals surface area contributed by atoms with Gasteiger partial charge in [-0.2, -0.15) is 5.26 Å². The number of ether oxygens (including phenoxy) is 2. The van der Waals surface area contributed by atoms with Crippen LogP contribution in [0.25, 0.3) is 0 Å². The van der Waals surface area contributed by atoms with Gasteiger partial charge in [0.1, 0.15) is 6.04 Å². The number of nitriles is 1. The molecule has 1 aliphatic heterocycles. The van der Waals surface area contributed by atoms with E-state index in [4.69, 9.17) is 14.7 Å². The molecule has 2 aliphatic rings. The Balaban J connectivity index is 1.65. The average Bonchev–Trinajstić information content (AvgIpc) is 3.45. The third kappa shape index (κ3) is 4.14. The first-order valence-corrected chi connectivity index (χ1v) is 8.65. The summed E-state index contributed by atoms with van der Waals surface area (Å²) in [7, 11) is 1.41. The fourth-order valence-corrected chi connectivity index (χ4v) is 3.24. The van der Waals surface area contributed by atoms with Gasteiger partial charge in [0.05, 0.1) is 24.8 Å². The maximum atomic E-state index is 12.3. The number of hydrogen-bond donors (Lipinski definition) is 0. The molecule has 0 N–H and O–H groups in total. The lowest BCUT2D eigenvalue weighted by Gasteiger charge is -2.36. The summed E-state index contributed by atoms with van der Waals surface area (Å²) in [5, 5.41) is 9.10. The number of piperidine rings is 1. The molecule has 1 aromatic carbocycles. The van der Waals surface area contributed by atoms with Crippen LogP contribution < -0.4 is 0 Å². The Morgan fingerprint density at radius 1 is 1.33 bits per heavy atom. The molecule has 0 spiro atoms. The van der Waals surface area contributed by atoms with E-state index in [0.717, 1.165) is 44.0 Å². The number of nitrogens with zero attached hydrogens (tertiary/aromatic N) is 2. The van der Waals surface area contributed by atoms with Gasteiger partial charge < -0.3 is 9.47 Å². The van der Waals surface area contributed by atoms with Crippen LogP contribution in [0.15, 0.2) is 24.3 Å². The molecule has 0 bridgehead atoms. The molecule has 5 nitrogen and oxygen atoms in total. The second kappa shape index (κ2) is 7.78. The van der Waals surface area contributed by atoms with Crippen LogP contribution in [0.4, 0.5) is 0 Å². The van der Waals surface area contributed by atoms with Crippen molar-refractivity contribution >= 4 is 5.97 Å². The van der Waals surface area contributed by atoms with Crippen LogP contribution in [0, 0.1) is 17.2 Å². The molecule has 1 saturated carbocycles. The van der Waals surface area contributed by atoms with Crippen molar-refractivity contribution in [1.29, 1.82) is 5.26 Å². The van der Waals surface area contributed by atoms with Gasteiger partial charge in [-0.1, -0.05) is 12.1 Å². The zero-order valence-electron chi connectivity index (χ0n) is 14.1. The van der Waals surface area contributed by atoms with Gasteiger partial charge in [-0.3, -0.25) is 4.90 Å². The summed E-state index contributed by atoms with van der Waals surface area (Å²) >= 11 is 0. The minimum absolute atomic E-state index is 0.276. The Morgan fingerprint density at radius 3 is 2.71 bits per heavy atom. The fourth-order valence-electron chi connectivity index (χ4n) is 3.24. The molecule has 5 heteroatoms. The monoisotopic (exact) mass is 328 g/mol. The van der Waals surface area contributed by atoms with Crippen LogP contribution in [0.1, 0.15) is 42.9 Å². The van der Waals surface area contributed by atoms with E-state index in [1.54, 1.807) is 12.1 Å². The molecule has 3 rings (SSSR count). The fraction of sp³-hybridized carbons (Fsp3) is 0.579. The van der Waals surface area contributed by atoms with E-state index < -0.39 is 6.04 Å². The van der Waals surface area contributed by atoms with Crippen molar-refractivity contribution in [3.63, 3.8) is 0 Å². The highest BCUT2D eigenvalue weighted by atomic mass is 16.5. The standard InChI is InChI=1S/C19H24N2O3/c1-23-19(22)18(16-4-2-3-15(11-16)12-20)21-9-7-17(8-10-21)24-13-14-5-6-14/h2-4,11,14,17-18H,5-10,13H2,1H3/t18-/m0/s1. The van der Waals surface area contributed by atoms with Gasteiger partial charge in [-0.25, -0.2) is 4.79 Å². The maximum absolute atomic E-state index is 12.3. The Morgan fingerprint density at radius 2 is 2.08 bits per heavy atom. The number of methoxy groups -OCH3 is 1. The maximum Gasteiger partial charge on any atom is 0.327 e. The first-order valence-electron chi connectivity index (χ1n) is 8.65. The van der Waals surface area contributed by atoms with E-state index in [-0.39, 0.29) is 5.97 Å². The summed E-state index contributed by atoms with van der Waals surface area (Å²) in [6.45, 7) is 2.48. The van der Waals surface area contributed by atoms with E-state index in [0.29, 0.717) is 11.7 Å². The van der Waals surface area contributed by atoms with Crippen molar-refractivity contribution in [2.45, 2.75) is 37.8 Å². The van der Waals surface area contributed by atoms with Crippen LogP contribution in [0.2, 0.25) is 0 Å². The molecule has 0 unspecified atom stereocenters. The highest BCUT2D eigenvalue weighted by molar-refractivity contribution is 5.77. The molecular weight excluding hydrogens is 304 g/mol. The van der Waals surface area contributed by atoms with Crippen LogP contribution in [0.3, 0.4) is 0 Å². The lowest BCUT2D eigenvalue weighted by Crippen LogP contribution is -2.42. The number of rotatable bonds is 6. The third-order valence-electron chi connectivity index (χ3n) is 4.86. The van der Waals surface area contributed by atoms with Crippen LogP contribution in [-0.2, 0) is 14.3 Å². The van der Waals surface area contributed by atoms with Crippen LogP contribution >= 0.6 is 0 Å². The predicted octanol–water partition coefficient (Wildman–Crippen LogP) is 2.66. The molecule has 0 radical (unpaired) electrons. The molecule has 2 fully saturated rings. The van der Waals surface area contributed by atoms with Crippen molar-refractivity contribution in [2.75, 3.05) is 26.8 Å². The molecule has 24 heavy (non-hydrogen) atoms. The smallest absolute Gasteiger partial charge is 0.327 e. The molecule has 1 heterocycles. The van der Waals surface area contributed by atoms with Gasteiger partial charge >= 0.3 is 5.97 Å². The molecule has 0 amide bonds. The van der Waals surface area contributed by atoms with Gasteiger partial charge in [0, 0.05) is 19.7 Å². The first kappa shape index (κ1) is 16.9. The van der Waals surface area contributed by atoms with Crippen molar-refractivity contribution < 1.29 is 14.3 Å². The minimum atomic E-state index is -0.451. The van der Waals surface area contributed by atoms with Gasteiger partial charge in [0.2, 0.25) is 0 Å². The quantitative estimate of drug-likeness (QED) is 0.751. The zero-order valence-corrected chi connectivity index (χ0v) is 14.1. The van der Waals surface area contributed by atoms with Crippen molar-refractivity contribution in [3.8, 4) is 6.07 Å². The average molecular weight is 328 g/mol. The Labute approximate surface area is 143 Å². The number of likely N-dealkylation sites (tertiary alicyclic amines) is 1. The molecule has 1 saturated heterocycles. The zero-order chi connectivity index (χ0) is 16.9. The highest BCUT2D eigenvalue weighted by Crippen LogP contribution is 2.31. The molecule has 1 aliphatic carbocycles. The SMILES string of the molecule is COC(=O)[C@H](c1cccc(C#N)c1)N1CCC(OCC2CC2)CC1. The first-order chi connectivity index (χ1) is 11.7. The summed E-state index contributed by atoms with van der Waals surface area (Å²) in [5.74, 6) is 0.502. The van der Waals surface area contributed by atoms with E-state index >= 15 is 0 Å². The van der Waals surface area contributed by atoms with E-state index in [1.165, 1.54) is 20.0 Å². The highest BCUT2D eigenvalue weighted by Gasteiger charge is 2.33. The number of hydrogen-bond acceptors (Lipinski definition) is 5. The molecular formula is C19H24N2O3. The van der Waals surface area contributed by atoms with Crippen LogP contribution in [-0.4, -0.2) is 43.8 Å². The Kier molecular flexibility index (Phi) is 5.49. The largest absolute Gasteiger partial charge is 0.468 e. The topological polar surface area (TPSA) is 62.6 Å². The summed E-state index contributed by atoms with van der Waals surface area (Å²) in [4.78, 5) is 14.5. The van der Waals surface area contributed by atoms with Crippen molar-refractivity contribution in [3.05, 3.63) is 35.4 Å². The van der Waals surface area contributed by atoms with Crippen LogP contribution in [0.5, 0.6) is 0 Å². The normalized spacial score (nSPS) is 20.3. The Bertz CT molecular complexity index is 613. The third-order valence-corrected chi connectivity index (χ3v) is 4.86. The second-order valence-corrected chi connectivity index (χ2v) is 6.67. The van der Waals surface area contributed by atoms with Crippen molar-refractivity contribution in [2.24, 2.45) is 5.92 Å². The summed E-state index contributed by atoms with van der Waals surface area (Å²) in [6.07, 6.45) is 4.76. The van der Waals surface area contributed by atoms with Gasteiger partial charge in [0.15, 0.2) is 0 Å². The number of esters is 1. The van der Waals surface area contributed by atoms with E-state index in [9.17, 15) is 4.79 Å². The number of carbonyl (C=O) groups excluding carboxylic acids is 1. The summed E-state index contributed by atoms with van der Waals surface area (Å²) < 4.78 is 11.0. The molecule has 0 aromatic heterocycles. The second-order valence-electron chi connectivity index (χ2n) is 6.67. The lowest BCUT2D eigenvalue weighted by molar-refractivity contribution is -0.148. The number of benzene rings is 1. The van der Waals surface area contributed by atoms with E-state index in [1.807, 2.05) is 12.1 Å². The summed E-state index contributed by atoms with van der Waals surface area (Å²) in [6, 6.07) is 8.90. The lowest BCUT2D eigenvalue weighted by atomic mass is 9.99. The van der Waals surface area contributed by atoms with E-state index in [2.05, 4.69) is 11.0 Å². The molecule has 128 valence electrons. The molecule has 1 atom stereocenters. The van der Waals surface area contributed by atoms with Crippen molar-refractivity contribution in [1.82, 2.24) is 4.90 Å². The summed E-state index contributed by atoms with van der Waals surface area (Å²) in [5.41, 5.74) is 1.38.